The fourth-order valence-electron chi connectivity index (χ4n) is 1.49. The standard InChI is InChI=1S/C12H21N3O2/c1-3-6-13-8-10-9-14-11(15-12(10)16)5-4-7-17-2/h9,13H,3-8H2,1-2H3,(H,14,15,16). The van der Waals surface area contributed by atoms with E-state index in [1.54, 1.807) is 13.3 Å². The molecular weight excluding hydrogens is 218 g/mol. The quantitative estimate of drug-likeness (QED) is 0.660. The lowest BCUT2D eigenvalue weighted by atomic mass is 10.3. The van der Waals surface area contributed by atoms with Gasteiger partial charge >= 0.3 is 0 Å². The second-order valence-corrected chi connectivity index (χ2v) is 3.96. The van der Waals surface area contributed by atoms with E-state index >= 15 is 0 Å². The Bertz CT molecular complexity index is 376. The Morgan fingerprint density at radius 3 is 3.00 bits per heavy atom. The van der Waals surface area contributed by atoms with Gasteiger partial charge in [-0.05, 0) is 19.4 Å². The molecule has 96 valence electrons. The summed E-state index contributed by atoms with van der Waals surface area (Å²) in [7, 11) is 1.67. The summed E-state index contributed by atoms with van der Waals surface area (Å²) < 4.78 is 4.95. The molecule has 0 saturated heterocycles. The van der Waals surface area contributed by atoms with Gasteiger partial charge in [0, 0.05) is 38.4 Å². The van der Waals surface area contributed by atoms with Crippen LogP contribution in [0.25, 0.3) is 0 Å². The number of hydrogen-bond donors (Lipinski definition) is 2. The second kappa shape index (κ2) is 7.97. The van der Waals surface area contributed by atoms with Crippen LogP contribution in [0, 0.1) is 0 Å². The first-order valence-corrected chi connectivity index (χ1v) is 6.04. The molecule has 0 aliphatic carbocycles. The second-order valence-electron chi connectivity index (χ2n) is 3.96. The number of nitrogens with zero attached hydrogens (tertiary/aromatic N) is 1. The van der Waals surface area contributed by atoms with Crippen molar-refractivity contribution in [1.29, 1.82) is 0 Å². The van der Waals surface area contributed by atoms with Crippen molar-refractivity contribution in [3.05, 3.63) is 27.9 Å². The molecule has 0 fully saturated rings. The van der Waals surface area contributed by atoms with Crippen LogP contribution in [-0.2, 0) is 17.7 Å². The maximum absolute atomic E-state index is 11.7. The van der Waals surface area contributed by atoms with Crippen molar-refractivity contribution in [2.24, 2.45) is 0 Å². The maximum Gasteiger partial charge on any atom is 0.255 e. The van der Waals surface area contributed by atoms with Gasteiger partial charge in [0.2, 0.25) is 0 Å². The number of aromatic nitrogens is 2. The van der Waals surface area contributed by atoms with E-state index in [9.17, 15) is 4.79 Å². The molecule has 1 aromatic rings. The SMILES string of the molecule is CCCNCc1cnc(CCCOC)[nH]c1=O. The smallest absolute Gasteiger partial charge is 0.255 e. The number of ether oxygens (including phenoxy) is 1. The Hall–Kier alpha value is -1.20. The van der Waals surface area contributed by atoms with E-state index < -0.39 is 0 Å². The summed E-state index contributed by atoms with van der Waals surface area (Å²) in [4.78, 5) is 18.7. The van der Waals surface area contributed by atoms with E-state index in [4.69, 9.17) is 4.74 Å². The van der Waals surface area contributed by atoms with Crippen LogP contribution in [0.5, 0.6) is 0 Å². The molecule has 5 heteroatoms. The van der Waals surface area contributed by atoms with Crippen LogP contribution in [0.2, 0.25) is 0 Å². The lowest BCUT2D eigenvalue weighted by Crippen LogP contribution is -2.23. The Labute approximate surface area is 102 Å². The third kappa shape index (κ3) is 5.10. The van der Waals surface area contributed by atoms with Crippen molar-refractivity contribution < 1.29 is 4.74 Å². The van der Waals surface area contributed by atoms with Crippen molar-refractivity contribution >= 4 is 0 Å². The van der Waals surface area contributed by atoms with Gasteiger partial charge in [0.15, 0.2) is 0 Å². The Morgan fingerprint density at radius 2 is 2.35 bits per heavy atom. The highest BCUT2D eigenvalue weighted by molar-refractivity contribution is 5.05. The summed E-state index contributed by atoms with van der Waals surface area (Å²) in [6.07, 6.45) is 4.32. The van der Waals surface area contributed by atoms with Gasteiger partial charge < -0.3 is 15.0 Å². The molecule has 0 aliphatic rings. The van der Waals surface area contributed by atoms with Crippen LogP contribution < -0.4 is 10.9 Å². The van der Waals surface area contributed by atoms with Crippen molar-refractivity contribution in [3.63, 3.8) is 0 Å². The molecule has 0 bridgehead atoms. The third-order valence-corrected chi connectivity index (χ3v) is 2.43. The zero-order chi connectivity index (χ0) is 12.5. The Kier molecular flexibility index (Phi) is 6.50. The molecule has 0 amide bonds. The molecule has 0 radical (unpaired) electrons. The van der Waals surface area contributed by atoms with Crippen LogP contribution in [0.3, 0.4) is 0 Å². The lowest BCUT2D eigenvalue weighted by molar-refractivity contribution is 0.194. The molecule has 0 aromatic carbocycles. The van der Waals surface area contributed by atoms with Crippen LogP contribution in [0.15, 0.2) is 11.0 Å². The normalized spacial score (nSPS) is 10.7. The average molecular weight is 239 g/mol. The van der Waals surface area contributed by atoms with Gasteiger partial charge in [0.25, 0.3) is 5.56 Å². The number of H-pyrrole nitrogens is 1. The van der Waals surface area contributed by atoms with E-state index in [0.717, 1.165) is 31.6 Å². The minimum Gasteiger partial charge on any atom is -0.385 e. The lowest BCUT2D eigenvalue weighted by Gasteiger charge is -2.04. The van der Waals surface area contributed by atoms with Gasteiger partial charge in [0.05, 0.1) is 0 Å². The first-order valence-electron chi connectivity index (χ1n) is 6.04. The summed E-state index contributed by atoms with van der Waals surface area (Å²) in [5.41, 5.74) is 0.643. The van der Waals surface area contributed by atoms with E-state index in [2.05, 4.69) is 22.2 Å². The van der Waals surface area contributed by atoms with Crippen molar-refractivity contribution in [3.8, 4) is 0 Å². The highest BCUT2D eigenvalue weighted by atomic mass is 16.5. The molecule has 0 atom stereocenters. The van der Waals surface area contributed by atoms with Gasteiger partial charge in [0.1, 0.15) is 5.82 Å². The first kappa shape index (κ1) is 13.9. The largest absolute Gasteiger partial charge is 0.385 e. The van der Waals surface area contributed by atoms with Crippen LogP contribution in [0.4, 0.5) is 0 Å². The summed E-state index contributed by atoms with van der Waals surface area (Å²) in [5.74, 6) is 0.728. The topological polar surface area (TPSA) is 67.0 Å². The fraction of sp³-hybridized carbons (Fsp3) is 0.667. The molecule has 2 N–H and O–H groups in total. The highest BCUT2D eigenvalue weighted by Gasteiger charge is 2.02. The monoisotopic (exact) mass is 239 g/mol. The number of aromatic amines is 1. The summed E-state index contributed by atoms with van der Waals surface area (Å²) >= 11 is 0. The minimum atomic E-state index is -0.0454. The van der Waals surface area contributed by atoms with E-state index in [-0.39, 0.29) is 5.56 Å². The molecule has 0 unspecified atom stereocenters. The number of methoxy groups -OCH3 is 1. The summed E-state index contributed by atoms with van der Waals surface area (Å²) in [6.45, 7) is 4.27. The molecule has 17 heavy (non-hydrogen) atoms. The summed E-state index contributed by atoms with van der Waals surface area (Å²) in [6, 6.07) is 0. The van der Waals surface area contributed by atoms with Crippen LogP contribution in [0.1, 0.15) is 31.2 Å². The minimum absolute atomic E-state index is 0.0454. The average Bonchev–Trinajstić information content (AvgIpc) is 2.32. The fourth-order valence-corrected chi connectivity index (χ4v) is 1.49. The van der Waals surface area contributed by atoms with Gasteiger partial charge in [-0.25, -0.2) is 4.98 Å². The molecule has 0 spiro atoms. The van der Waals surface area contributed by atoms with E-state index in [0.29, 0.717) is 18.7 Å². The van der Waals surface area contributed by atoms with Crippen LogP contribution in [-0.4, -0.2) is 30.2 Å². The van der Waals surface area contributed by atoms with Crippen LogP contribution >= 0.6 is 0 Å². The Morgan fingerprint density at radius 1 is 1.53 bits per heavy atom. The Balaban J connectivity index is 2.50. The molecule has 0 aliphatic heterocycles. The van der Waals surface area contributed by atoms with Gasteiger partial charge in [-0.3, -0.25) is 4.79 Å². The molecule has 0 saturated carbocycles. The maximum atomic E-state index is 11.7. The third-order valence-electron chi connectivity index (χ3n) is 2.43. The molecular formula is C12H21N3O2. The molecule has 1 heterocycles. The number of aryl methyl sites for hydroxylation is 1. The van der Waals surface area contributed by atoms with Gasteiger partial charge in [-0.15, -0.1) is 0 Å². The number of rotatable bonds is 8. The van der Waals surface area contributed by atoms with Crippen molar-refractivity contribution in [2.75, 3.05) is 20.3 Å². The van der Waals surface area contributed by atoms with Gasteiger partial charge in [-0.1, -0.05) is 6.92 Å². The van der Waals surface area contributed by atoms with Crippen molar-refractivity contribution in [2.45, 2.75) is 32.7 Å². The highest BCUT2D eigenvalue weighted by Crippen LogP contribution is 1.95. The number of hydrogen-bond acceptors (Lipinski definition) is 4. The zero-order valence-corrected chi connectivity index (χ0v) is 10.6. The predicted octanol–water partition coefficient (Wildman–Crippen LogP) is 0.849. The van der Waals surface area contributed by atoms with E-state index in [1.165, 1.54) is 0 Å². The van der Waals surface area contributed by atoms with Crippen molar-refractivity contribution in [1.82, 2.24) is 15.3 Å². The zero-order valence-electron chi connectivity index (χ0n) is 10.6. The number of nitrogens with one attached hydrogen (secondary N) is 2. The van der Waals surface area contributed by atoms with E-state index in [1.807, 2.05) is 0 Å². The van der Waals surface area contributed by atoms with Gasteiger partial charge in [-0.2, -0.15) is 0 Å². The molecule has 5 nitrogen and oxygen atoms in total. The predicted molar refractivity (Wildman–Crippen MR) is 67.1 cm³/mol. The molecule has 1 rings (SSSR count). The first-order chi connectivity index (χ1) is 8.27. The molecule has 1 aromatic heterocycles. The summed E-state index contributed by atoms with van der Waals surface area (Å²) in [5, 5.41) is 3.18.